The molecule has 2 heterocycles. The smallest absolute Gasteiger partial charge is 0.293 e. The van der Waals surface area contributed by atoms with Gasteiger partial charge >= 0.3 is 0 Å². The summed E-state index contributed by atoms with van der Waals surface area (Å²) in [7, 11) is 0. The number of rotatable bonds is 3. The number of aromatic nitrogens is 3. The number of halogens is 1. The maximum atomic E-state index is 14.1. The number of hydrogen-bond acceptors (Lipinski definition) is 4. The lowest BCUT2D eigenvalue weighted by molar-refractivity contribution is 0.0754. The Balaban J connectivity index is 1.97. The SMILES string of the molecule is CC(C)c1nc(C(=O)N2CCCNCC2)nn1-c1ccccc1F. The number of carbonyl (C=O) groups is 1. The Hall–Kier alpha value is -2.28. The van der Waals surface area contributed by atoms with Gasteiger partial charge in [-0.1, -0.05) is 26.0 Å². The van der Waals surface area contributed by atoms with Gasteiger partial charge in [0.1, 0.15) is 17.3 Å². The topological polar surface area (TPSA) is 63.1 Å². The minimum Gasteiger partial charge on any atom is -0.335 e. The summed E-state index contributed by atoms with van der Waals surface area (Å²) in [6.07, 6.45) is 0.900. The van der Waals surface area contributed by atoms with Crippen LogP contribution in [0.25, 0.3) is 5.69 Å². The minimum absolute atomic E-state index is 0.0180. The molecule has 6 nitrogen and oxygen atoms in total. The highest BCUT2D eigenvalue weighted by atomic mass is 19.1. The molecule has 24 heavy (non-hydrogen) atoms. The number of para-hydroxylation sites is 1. The van der Waals surface area contributed by atoms with Crippen molar-refractivity contribution in [3.05, 3.63) is 41.7 Å². The molecule has 3 rings (SSSR count). The van der Waals surface area contributed by atoms with E-state index in [1.54, 1.807) is 23.1 Å². The summed E-state index contributed by atoms with van der Waals surface area (Å²) in [6, 6.07) is 6.39. The van der Waals surface area contributed by atoms with Crippen LogP contribution in [0.3, 0.4) is 0 Å². The molecule has 1 aliphatic heterocycles. The van der Waals surface area contributed by atoms with Crippen molar-refractivity contribution in [3.8, 4) is 5.69 Å². The van der Waals surface area contributed by atoms with E-state index in [1.807, 2.05) is 13.8 Å². The van der Waals surface area contributed by atoms with Crippen molar-refractivity contribution >= 4 is 5.91 Å². The van der Waals surface area contributed by atoms with Gasteiger partial charge in [0.15, 0.2) is 0 Å². The second-order valence-corrected chi connectivity index (χ2v) is 6.21. The van der Waals surface area contributed by atoms with Crippen LogP contribution < -0.4 is 5.32 Å². The van der Waals surface area contributed by atoms with Gasteiger partial charge in [0.25, 0.3) is 5.91 Å². The lowest BCUT2D eigenvalue weighted by Gasteiger charge is -2.17. The normalized spacial score (nSPS) is 15.6. The number of benzene rings is 1. The highest BCUT2D eigenvalue weighted by Gasteiger charge is 2.25. The predicted octanol–water partition coefficient (Wildman–Crippen LogP) is 1.97. The fourth-order valence-corrected chi connectivity index (χ4v) is 2.78. The molecule has 0 bridgehead atoms. The van der Waals surface area contributed by atoms with E-state index in [1.165, 1.54) is 10.7 Å². The number of nitrogens with zero attached hydrogens (tertiary/aromatic N) is 4. The van der Waals surface area contributed by atoms with Gasteiger partial charge in [-0.2, -0.15) is 0 Å². The average molecular weight is 331 g/mol. The monoisotopic (exact) mass is 331 g/mol. The molecule has 2 aromatic rings. The first-order chi connectivity index (χ1) is 11.6. The third kappa shape index (κ3) is 3.31. The van der Waals surface area contributed by atoms with E-state index in [4.69, 9.17) is 0 Å². The van der Waals surface area contributed by atoms with Gasteiger partial charge in [-0.05, 0) is 25.1 Å². The van der Waals surface area contributed by atoms with Crippen LogP contribution in [0.5, 0.6) is 0 Å². The number of hydrogen-bond donors (Lipinski definition) is 1. The van der Waals surface area contributed by atoms with Crippen molar-refractivity contribution in [2.45, 2.75) is 26.2 Å². The average Bonchev–Trinajstić information content (AvgIpc) is 2.83. The number of carbonyl (C=O) groups excluding carboxylic acids is 1. The van der Waals surface area contributed by atoms with Gasteiger partial charge < -0.3 is 10.2 Å². The van der Waals surface area contributed by atoms with Crippen LogP contribution >= 0.6 is 0 Å². The molecule has 1 N–H and O–H groups in total. The first kappa shape index (κ1) is 16.6. The standard InChI is InChI=1S/C17H22FN5O/c1-12(2)16-20-15(17(24)22-10-5-8-19-9-11-22)21-23(16)14-7-4-3-6-13(14)18/h3-4,6-7,12,19H,5,8-11H2,1-2H3. The highest BCUT2D eigenvalue weighted by molar-refractivity contribution is 5.90. The Labute approximate surface area is 140 Å². The third-order valence-corrected chi connectivity index (χ3v) is 4.05. The van der Waals surface area contributed by atoms with Crippen molar-refractivity contribution < 1.29 is 9.18 Å². The Morgan fingerprint density at radius 3 is 2.79 bits per heavy atom. The number of nitrogens with one attached hydrogen (secondary N) is 1. The lowest BCUT2D eigenvalue weighted by Crippen LogP contribution is -2.34. The van der Waals surface area contributed by atoms with Gasteiger partial charge in [0, 0.05) is 25.6 Å². The Bertz CT molecular complexity index is 720. The van der Waals surface area contributed by atoms with E-state index in [9.17, 15) is 9.18 Å². The van der Waals surface area contributed by atoms with Crippen LogP contribution in [0.15, 0.2) is 24.3 Å². The molecule has 128 valence electrons. The molecule has 7 heteroatoms. The quantitative estimate of drug-likeness (QED) is 0.934. The summed E-state index contributed by atoms with van der Waals surface area (Å²) < 4.78 is 15.6. The van der Waals surface area contributed by atoms with Gasteiger partial charge in [-0.15, -0.1) is 5.10 Å². The fourth-order valence-electron chi connectivity index (χ4n) is 2.78. The summed E-state index contributed by atoms with van der Waals surface area (Å²) in [4.78, 5) is 18.9. The molecule has 1 saturated heterocycles. The van der Waals surface area contributed by atoms with Crippen molar-refractivity contribution in [1.29, 1.82) is 0 Å². The van der Waals surface area contributed by atoms with Crippen LogP contribution in [0.4, 0.5) is 4.39 Å². The summed E-state index contributed by atoms with van der Waals surface area (Å²) in [5.74, 6) is 0.141. The second-order valence-electron chi connectivity index (χ2n) is 6.21. The van der Waals surface area contributed by atoms with E-state index in [0.29, 0.717) is 24.6 Å². The molecule has 0 saturated carbocycles. The zero-order valence-corrected chi connectivity index (χ0v) is 14.0. The number of amides is 1. The molecule has 1 aromatic heterocycles. The van der Waals surface area contributed by atoms with Crippen LogP contribution in [-0.2, 0) is 0 Å². The van der Waals surface area contributed by atoms with Crippen LogP contribution in [0.1, 0.15) is 42.6 Å². The zero-order valence-electron chi connectivity index (χ0n) is 14.0. The van der Waals surface area contributed by atoms with E-state index in [-0.39, 0.29) is 23.5 Å². The molecular formula is C17H22FN5O. The Morgan fingerprint density at radius 1 is 1.25 bits per heavy atom. The fraction of sp³-hybridized carbons (Fsp3) is 0.471. The molecule has 0 radical (unpaired) electrons. The first-order valence-corrected chi connectivity index (χ1v) is 8.30. The molecule has 0 unspecified atom stereocenters. The van der Waals surface area contributed by atoms with Crippen molar-refractivity contribution in [3.63, 3.8) is 0 Å². The molecule has 0 aliphatic carbocycles. The first-order valence-electron chi connectivity index (χ1n) is 8.30. The molecule has 1 aliphatic rings. The molecular weight excluding hydrogens is 309 g/mol. The predicted molar refractivity (Wildman–Crippen MR) is 88.8 cm³/mol. The lowest BCUT2D eigenvalue weighted by atomic mass is 10.2. The van der Waals surface area contributed by atoms with E-state index in [2.05, 4.69) is 15.4 Å². The summed E-state index contributed by atoms with van der Waals surface area (Å²) in [5, 5.41) is 7.58. The van der Waals surface area contributed by atoms with Crippen molar-refractivity contribution in [2.24, 2.45) is 0 Å². The summed E-state index contributed by atoms with van der Waals surface area (Å²) in [6.45, 7) is 6.87. The van der Waals surface area contributed by atoms with Crippen molar-refractivity contribution in [1.82, 2.24) is 25.0 Å². The Kier molecular flexibility index (Phi) is 4.89. The third-order valence-electron chi connectivity index (χ3n) is 4.05. The maximum Gasteiger partial charge on any atom is 0.293 e. The van der Waals surface area contributed by atoms with Crippen LogP contribution in [-0.4, -0.2) is 51.8 Å². The molecule has 1 amide bonds. The van der Waals surface area contributed by atoms with Gasteiger partial charge in [-0.25, -0.2) is 14.1 Å². The maximum absolute atomic E-state index is 14.1. The van der Waals surface area contributed by atoms with E-state index in [0.717, 1.165) is 19.5 Å². The minimum atomic E-state index is -0.387. The van der Waals surface area contributed by atoms with Crippen molar-refractivity contribution in [2.75, 3.05) is 26.2 Å². The van der Waals surface area contributed by atoms with Gasteiger partial charge in [0.05, 0.1) is 0 Å². The van der Waals surface area contributed by atoms with E-state index < -0.39 is 0 Å². The van der Waals surface area contributed by atoms with Crippen LogP contribution in [0, 0.1) is 5.82 Å². The summed E-state index contributed by atoms with van der Waals surface area (Å²) >= 11 is 0. The van der Waals surface area contributed by atoms with Gasteiger partial charge in [0.2, 0.25) is 5.82 Å². The highest BCUT2D eigenvalue weighted by Crippen LogP contribution is 2.20. The second kappa shape index (κ2) is 7.09. The zero-order chi connectivity index (χ0) is 17.1. The summed E-state index contributed by atoms with van der Waals surface area (Å²) in [5.41, 5.74) is 0.310. The molecule has 0 atom stereocenters. The molecule has 1 fully saturated rings. The van der Waals surface area contributed by atoms with Crippen LogP contribution in [0.2, 0.25) is 0 Å². The van der Waals surface area contributed by atoms with E-state index >= 15 is 0 Å². The Morgan fingerprint density at radius 2 is 2.04 bits per heavy atom. The van der Waals surface area contributed by atoms with Gasteiger partial charge in [-0.3, -0.25) is 4.79 Å². The molecule has 0 spiro atoms. The molecule has 1 aromatic carbocycles. The largest absolute Gasteiger partial charge is 0.335 e.